The van der Waals surface area contributed by atoms with Crippen LogP contribution < -0.4 is 5.32 Å². The quantitative estimate of drug-likeness (QED) is 0.882. The van der Waals surface area contributed by atoms with E-state index < -0.39 is 15.1 Å². The largest absolute Gasteiger partial charge is 0.373 e. The first-order valence-electron chi connectivity index (χ1n) is 5.67. The summed E-state index contributed by atoms with van der Waals surface area (Å²) in [6.45, 7) is 1.63. The fraction of sp³-hybridized carbons (Fsp3) is 0.636. The molecule has 1 aromatic heterocycles. The maximum Gasteiger partial charge on any atom is 0.157 e. The van der Waals surface area contributed by atoms with E-state index in [1.807, 2.05) is 6.07 Å². The van der Waals surface area contributed by atoms with Gasteiger partial charge in [0.25, 0.3) is 0 Å². The molecule has 94 valence electrons. The lowest BCUT2D eigenvalue weighted by Gasteiger charge is -2.11. The molecule has 6 heteroatoms. The fourth-order valence-corrected chi connectivity index (χ4v) is 2.06. The predicted molar refractivity (Wildman–Crippen MR) is 66.8 cm³/mol. The van der Waals surface area contributed by atoms with Crippen LogP contribution in [0, 0.1) is 0 Å². The van der Waals surface area contributed by atoms with Gasteiger partial charge in [0, 0.05) is 31.0 Å². The van der Waals surface area contributed by atoms with Gasteiger partial charge >= 0.3 is 0 Å². The van der Waals surface area contributed by atoms with Crippen molar-refractivity contribution in [2.75, 3.05) is 18.6 Å². The Kier molecular flexibility index (Phi) is 3.07. The molecule has 1 saturated carbocycles. The fourth-order valence-electron chi connectivity index (χ4n) is 1.57. The smallest absolute Gasteiger partial charge is 0.157 e. The summed E-state index contributed by atoms with van der Waals surface area (Å²) in [6, 6.07) is 1.90. The van der Waals surface area contributed by atoms with E-state index in [4.69, 9.17) is 0 Å². The number of aromatic nitrogens is 2. The maximum atomic E-state index is 11.5. The van der Waals surface area contributed by atoms with Crippen LogP contribution in [-0.4, -0.2) is 31.7 Å². The molecule has 1 atom stereocenters. The summed E-state index contributed by atoms with van der Waals surface area (Å²) in [6.07, 6.45) is 3.48. The molecule has 0 bridgehead atoms. The summed E-state index contributed by atoms with van der Waals surface area (Å²) in [7, 11) is -1.38. The zero-order valence-electron chi connectivity index (χ0n) is 10.3. The average molecular weight is 255 g/mol. The number of nitrogens with zero attached hydrogens (tertiary/aromatic N) is 2. The zero-order valence-corrected chi connectivity index (χ0v) is 11.1. The van der Waals surface area contributed by atoms with Crippen molar-refractivity contribution >= 4 is 15.7 Å². The number of nitrogens with one attached hydrogen (secondary N) is 1. The summed E-state index contributed by atoms with van der Waals surface area (Å²) >= 11 is 0. The van der Waals surface area contributed by atoms with Gasteiger partial charge in [0.05, 0.1) is 0 Å². The lowest BCUT2D eigenvalue weighted by atomic mass is 10.2. The van der Waals surface area contributed by atoms with Gasteiger partial charge < -0.3 is 5.32 Å². The number of sulfone groups is 1. The highest BCUT2D eigenvalue weighted by Crippen LogP contribution is 2.40. The maximum absolute atomic E-state index is 11.5. The van der Waals surface area contributed by atoms with Gasteiger partial charge in [-0.25, -0.2) is 18.4 Å². The molecule has 0 aliphatic heterocycles. The summed E-state index contributed by atoms with van der Waals surface area (Å²) in [4.78, 5) is 8.61. The Morgan fingerprint density at radius 1 is 1.41 bits per heavy atom. The topological polar surface area (TPSA) is 72.0 Å². The Morgan fingerprint density at radius 2 is 2.06 bits per heavy atom. The van der Waals surface area contributed by atoms with Gasteiger partial charge in [0.15, 0.2) is 9.84 Å². The van der Waals surface area contributed by atoms with E-state index in [0.717, 1.165) is 18.5 Å². The van der Waals surface area contributed by atoms with Crippen molar-refractivity contribution < 1.29 is 8.42 Å². The minimum atomic E-state index is -3.16. The van der Waals surface area contributed by atoms with Gasteiger partial charge in [0.1, 0.15) is 16.9 Å². The van der Waals surface area contributed by atoms with Crippen molar-refractivity contribution in [2.24, 2.45) is 0 Å². The first-order valence-corrected chi connectivity index (χ1v) is 7.62. The van der Waals surface area contributed by atoms with Gasteiger partial charge in [-0.1, -0.05) is 0 Å². The van der Waals surface area contributed by atoms with Crippen LogP contribution in [0.25, 0.3) is 0 Å². The third-order valence-corrected chi connectivity index (χ3v) is 4.52. The van der Waals surface area contributed by atoms with Gasteiger partial charge in [-0.05, 0) is 19.8 Å². The predicted octanol–water partition coefficient (Wildman–Crippen LogP) is 1.50. The molecule has 1 heterocycles. The third kappa shape index (κ3) is 2.74. The molecule has 1 unspecified atom stereocenters. The molecule has 1 aliphatic rings. The highest BCUT2D eigenvalue weighted by molar-refractivity contribution is 7.90. The Balaban J connectivity index is 2.42. The number of anilines is 1. The van der Waals surface area contributed by atoms with Crippen LogP contribution >= 0.6 is 0 Å². The van der Waals surface area contributed by atoms with E-state index in [0.29, 0.717) is 17.6 Å². The van der Waals surface area contributed by atoms with Crippen molar-refractivity contribution in [3.8, 4) is 0 Å². The first kappa shape index (κ1) is 12.3. The monoisotopic (exact) mass is 255 g/mol. The molecular formula is C11H17N3O2S. The molecule has 1 aliphatic carbocycles. The minimum absolute atomic E-state index is 0.390. The molecule has 0 amide bonds. The van der Waals surface area contributed by atoms with Crippen LogP contribution in [0.1, 0.15) is 42.5 Å². The van der Waals surface area contributed by atoms with Gasteiger partial charge in [-0.15, -0.1) is 0 Å². The first-order chi connectivity index (χ1) is 7.91. The summed E-state index contributed by atoms with van der Waals surface area (Å²) in [5, 5.41) is 2.29. The molecule has 17 heavy (non-hydrogen) atoms. The van der Waals surface area contributed by atoms with Crippen molar-refractivity contribution in [1.82, 2.24) is 9.97 Å². The highest BCUT2D eigenvalue weighted by atomic mass is 32.2. The number of rotatable bonds is 4. The molecule has 1 N–H and O–H groups in total. The molecule has 0 radical (unpaired) electrons. The van der Waals surface area contributed by atoms with Gasteiger partial charge in [-0.3, -0.25) is 0 Å². The Hall–Kier alpha value is -1.17. The lowest BCUT2D eigenvalue weighted by molar-refractivity contribution is 0.589. The van der Waals surface area contributed by atoms with E-state index >= 15 is 0 Å². The second-order valence-corrected chi connectivity index (χ2v) is 6.90. The molecule has 0 spiro atoms. The molecule has 0 aromatic carbocycles. The molecule has 2 rings (SSSR count). The average Bonchev–Trinajstić information content (AvgIpc) is 3.10. The van der Waals surface area contributed by atoms with Crippen LogP contribution in [0.4, 0.5) is 5.82 Å². The van der Waals surface area contributed by atoms with E-state index in [1.165, 1.54) is 6.26 Å². The number of hydrogen-bond acceptors (Lipinski definition) is 5. The summed E-state index contributed by atoms with van der Waals surface area (Å²) in [5.41, 5.74) is 0.954. The molecule has 0 saturated heterocycles. The van der Waals surface area contributed by atoms with Gasteiger partial charge in [0.2, 0.25) is 0 Å². The minimum Gasteiger partial charge on any atom is -0.373 e. The summed E-state index contributed by atoms with van der Waals surface area (Å²) < 4.78 is 23.1. The van der Waals surface area contributed by atoms with Crippen LogP contribution in [0.15, 0.2) is 6.07 Å². The van der Waals surface area contributed by atoms with Crippen molar-refractivity contribution in [2.45, 2.75) is 30.9 Å². The Labute approximate surface area is 102 Å². The Morgan fingerprint density at radius 3 is 2.53 bits per heavy atom. The van der Waals surface area contributed by atoms with Crippen molar-refractivity contribution in [1.29, 1.82) is 0 Å². The second kappa shape index (κ2) is 4.25. The number of hydrogen-bond donors (Lipinski definition) is 1. The summed E-state index contributed by atoms with van der Waals surface area (Å²) in [5.74, 6) is 1.56. The molecule has 1 aromatic rings. The SMILES string of the molecule is CNc1cc(C2CC2)nc(C(C)S(C)(=O)=O)n1. The van der Waals surface area contributed by atoms with Crippen LogP contribution in [0.2, 0.25) is 0 Å². The van der Waals surface area contributed by atoms with Crippen LogP contribution in [-0.2, 0) is 9.84 Å². The van der Waals surface area contributed by atoms with E-state index in [1.54, 1.807) is 14.0 Å². The second-order valence-electron chi connectivity index (χ2n) is 4.53. The standard InChI is InChI=1S/C11H17N3O2S/c1-7(17(3,15)16)11-13-9(8-4-5-8)6-10(12-2)14-11/h6-8H,4-5H2,1-3H3,(H,12,13,14). The van der Waals surface area contributed by atoms with Gasteiger partial charge in [-0.2, -0.15) is 0 Å². The highest BCUT2D eigenvalue weighted by Gasteiger charge is 2.28. The van der Waals surface area contributed by atoms with E-state index in [9.17, 15) is 8.42 Å². The van der Waals surface area contributed by atoms with E-state index in [2.05, 4.69) is 15.3 Å². The van der Waals surface area contributed by atoms with Crippen LogP contribution in [0.5, 0.6) is 0 Å². The van der Waals surface area contributed by atoms with Crippen molar-refractivity contribution in [3.05, 3.63) is 17.6 Å². The third-order valence-electron chi connectivity index (χ3n) is 3.02. The lowest BCUT2D eigenvalue weighted by Crippen LogP contribution is -2.13. The molecular weight excluding hydrogens is 238 g/mol. The Bertz CT molecular complexity index is 524. The van der Waals surface area contributed by atoms with Crippen LogP contribution in [0.3, 0.4) is 0 Å². The molecule has 1 fully saturated rings. The van der Waals surface area contributed by atoms with Crippen molar-refractivity contribution in [3.63, 3.8) is 0 Å². The normalized spacial score (nSPS) is 17.8. The van der Waals surface area contributed by atoms with E-state index in [-0.39, 0.29) is 0 Å². The zero-order chi connectivity index (χ0) is 12.6. The molecule has 5 nitrogen and oxygen atoms in total.